The molecule has 0 saturated carbocycles. The highest BCUT2D eigenvalue weighted by atomic mass is 35.5. The number of carbonyl (C=O) groups is 1. The molecule has 2 aromatic carbocycles. The van der Waals surface area contributed by atoms with E-state index in [9.17, 15) is 31.5 Å². The number of halogens is 4. The van der Waals surface area contributed by atoms with Crippen LogP contribution >= 0.6 is 12.4 Å². The third-order valence-electron chi connectivity index (χ3n) is 5.55. The molecule has 1 fully saturated rings. The zero-order valence-corrected chi connectivity index (χ0v) is 19.8. The molecule has 0 bridgehead atoms. The van der Waals surface area contributed by atoms with E-state index in [1.54, 1.807) is 6.07 Å². The maximum Gasteiger partial charge on any atom is 0.335 e. The number of hydrogen-bond acceptors (Lipinski definition) is 5. The van der Waals surface area contributed by atoms with Crippen molar-refractivity contribution in [2.75, 3.05) is 19.6 Å². The molecule has 35 heavy (non-hydrogen) atoms. The maximum atomic E-state index is 14.1. The lowest BCUT2D eigenvalue weighted by molar-refractivity contribution is 0.0183. The van der Waals surface area contributed by atoms with Gasteiger partial charge in [0, 0.05) is 25.1 Å². The number of alkyl halides is 2. The summed E-state index contributed by atoms with van der Waals surface area (Å²) >= 11 is 0. The number of fused-ring (bicyclic) bond motifs is 1. The van der Waals surface area contributed by atoms with Crippen LogP contribution < -0.4 is 5.73 Å². The van der Waals surface area contributed by atoms with Crippen LogP contribution in [0.2, 0.25) is 0 Å². The molecule has 2 heterocycles. The molecule has 188 valence electrons. The fourth-order valence-corrected chi connectivity index (χ4v) is 5.39. The van der Waals surface area contributed by atoms with Crippen molar-refractivity contribution >= 4 is 39.4 Å². The average Bonchev–Trinajstić information content (AvgIpc) is 3.36. The summed E-state index contributed by atoms with van der Waals surface area (Å²) in [6, 6.07) is 8.27. The number of nitrogens with zero attached hydrogens (tertiary/aromatic N) is 3. The molecule has 8 nitrogen and oxygen atoms in total. The summed E-state index contributed by atoms with van der Waals surface area (Å²) < 4.78 is 69.3. The van der Waals surface area contributed by atoms with E-state index in [0.29, 0.717) is 22.2 Å². The molecule has 3 N–H and O–H groups in total. The number of aromatic carboxylic acids is 1. The molecule has 3 aromatic rings. The Bertz CT molecular complexity index is 1410. The van der Waals surface area contributed by atoms with Crippen LogP contribution in [0.1, 0.15) is 16.8 Å². The van der Waals surface area contributed by atoms with Crippen LogP contribution in [0.3, 0.4) is 0 Å². The molecule has 0 radical (unpaired) electrons. The predicted molar refractivity (Wildman–Crippen MR) is 126 cm³/mol. The number of carboxylic acids is 1. The molecule has 0 aliphatic carbocycles. The number of hydrogen-bond donors (Lipinski definition) is 2. The van der Waals surface area contributed by atoms with Gasteiger partial charge in [-0.2, -0.15) is 4.31 Å². The first-order chi connectivity index (χ1) is 16.0. The standard InChI is InChI=1S/C22H21F3N4O4S.ClH/c23-16(4-6-26)11-28-13-27-20-18(9-15(21(30)31)10-19(20)28)14-2-1-3-17(8-14)34(32,33)29-7-5-22(24,25)12-29;/h1-4,8-10,13H,5-7,11-12,26H2,(H,30,31);1H/b16-4-;. The van der Waals surface area contributed by atoms with Crippen LogP contribution in [0.15, 0.2) is 59.5 Å². The van der Waals surface area contributed by atoms with Crippen LogP contribution in [0, 0.1) is 0 Å². The van der Waals surface area contributed by atoms with Crippen LogP contribution in [0.25, 0.3) is 22.2 Å². The number of carboxylic acid groups (broad SMARTS) is 1. The predicted octanol–water partition coefficient (Wildman–Crippen LogP) is 3.67. The van der Waals surface area contributed by atoms with E-state index in [2.05, 4.69) is 4.98 Å². The smallest absolute Gasteiger partial charge is 0.335 e. The minimum atomic E-state index is -4.19. The largest absolute Gasteiger partial charge is 0.478 e. The average molecular weight is 531 g/mol. The van der Waals surface area contributed by atoms with Gasteiger partial charge in [-0.25, -0.2) is 31.4 Å². The molecule has 0 spiro atoms. The summed E-state index contributed by atoms with van der Waals surface area (Å²) in [4.78, 5) is 15.8. The summed E-state index contributed by atoms with van der Waals surface area (Å²) in [5.41, 5.74) is 6.50. The van der Waals surface area contributed by atoms with E-state index in [0.717, 1.165) is 4.31 Å². The third kappa shape index (κ3) is 5.35. The van der Waals surface area contributed by atoms with Crippen LogP contribution in [-0.2, 0) is 16.6 Å². The van der Waals surface area contributed by atoms with Gasteiger partial charge in [0.15, 0.2) is 0 Å². The second-order valence-corrected chi connectivity index (χ2v) is 9.87. The van der Waals surface area contributed by atoms with E-state index in [1.807, 2.05) is 0 Å². The summed E-state index contributed by atoms with van der Waals surface area (Å²) in [5, 5.41) is 9.58. The van der Waals surface area contributed by atoms with Gasteiger partial charge in [-0.3, -0.25) is 0 Å². The summed E-state index contributed by atoms with van der Waals surface area (Å²) in [6.07, 6.45) is 1.97. The molecule has 4 rings (SSSR count). The van der Waals surface area contributed by atoms with Gasteiger partial charge >= 0.3 is 5.97 Å². The quantitative estimate of drug-likeness (QED) is 0.481. The summed E-state index contributed by atoms with van der Waals surface area (Å²) in [5.74, 6) is -4.86. The topological polar surface area (TPSA) is 119 Å². The Balaban J connectivity index is 0.00000342. The number of nitrogens with two attached hydrogens (primary N) is 1. The molecular formula is C22H22ClF3N4O4S. The van der Waals surface area contributed by atoms with Crippen molar-refractivity contribution in [3.05, 3.63) is 60.2 Å². The number of imidazole rings is 1. The van der Waals surface area contributed by atoms with E-state index < -0.39 is 40.7 Å². The Morgan fingerprint density at radius 1 is 1.26 bits per heavy atom. The zero-order valence-electron chi connectivity index (χ0n) is 18.2. The SMILES string of the molecule is Cl.NC/C=C(\F)Cn1cnc2c(-c3cccc(S(=O)(=O)N4CCC(F)(F)C4)c3)cc(C(=O)O)cc21. The molecular weight excluding hydrogens is 509 g/mol. The lowest BCUT2D eigenvalue weighted by Gasteiger charge is -2.17. The Morgan fingerprint density at radius 3 is 2.63 bits per heavy atom. The third-order valence-corrected chi connectivity index (χ3v) is 7.39. The number of sulfonamides is 1. The van der Waals surface area contributed by atoms with Crippen molar-refractivity contribution < 1.29 is 31.5 Å². The monoisotopic (exact) mass is 530 g/mol. The van der Waals surface area contributed by atoms with Crippen molar-refractivity contribution in [1.82, 2.24) is 13.9 Å². The van der Waals surface area contributed by atoms with Crippen molar-refractivity contribution in [3.63, 3.8) is 0 Å². The van der Waals surface area contributed by atoms with Gasteiger partial charge in [-0.05, 0) is 35.9 Å². The first-order valence-electron chi connectivity index (χ1n) is 10.3. The van der Waals surface area contributed by atoms with Crippen LogP contribution in [0.4, 0.5) is 13.2 Å². The fraction of sp³-hybridized carbons (Fsp3) is 0.273. The zero-order chi connectivity index (χ0) is 24.7. The lowest BCUT2D eigenvalue weighted by Crippen LogP contribution is -2.31. The number of aromatic nitrogens is 2. The molecule has 1 aliphatic heterocycles. The van der Waals surface area contributed by atoms with Gasteiger partial charge in [0.2, 0.25) is 10.0 Å². The Labute approximate surface area is 205 Å². The molecule has 1 aromatic heterocycles. The molecule has 0 amide bonds. The number of rotatable bonds is 7. The van der Waals surface area contributed by atoms with Crippen molar-refractivity contribution in [2.45, 2.75) is 23.8 Å². The van der Waals surface area contributed by atoms with Gasteiger partial charge in [0.05, 0.1) is 40.9 Å². The Hall–Kier alpha value is -2.93. The van der Waals surface area contributed by atoms with Gasteiger partial charge in [0.1, 0.15) is 5.83 Å². The molecule has 1 aliphatic rings. The minimum absolute atomic E-state index is 0. The van der Waals surface area contributed by atoms with Gasteiger partial charge in [-0.15, -0.1) is 12.4 Å². The number of benzene rings is 2. The summed E-state index contributed by atoms with van der Waals surface area (Å²) in [6.45, 7) is -1.42. The van der Waals surface area contributed by atoms with Gasteiger partial charge in [-0.1, -0.05) is 12.1 Å². The van der Waals surface area contributed by atoms with Crippen molar-refractivity contribution in [2.24, 2.45) is 5.73 Å². The van der Waals surface area contributed by atoms with E-state index >= 15 is 0 Å². The van der Waals surface area contributed by atoms with E-state index in [4.69, 9.17) is 5.73 Å². The Kier molecular flexibility index (Phi) is 7.60. The van der Waals surface area contributed by atoms with Crippen LogP contribution in [-0.4, -0.2) is 58.9 Å². The van der Waals surface area contributed by atoms with Crippen LogP contribution in [0.5, 0.6) is 0 Å². The molecule has 13 heteroatoms. The fourth-order valence-electron chi connectivity index (χ4n) is 3.87. The lowest BCUT2D eigenvalue weighted by atomic mass is 10.0. The second-order valence-electron chi connectivity index (χ2n) is 7.93. The molecule has 0 atom stereocenters. The molecule has 0 unspecified atom stereocenters. The minimum Gasteiger partial charge on any atom is -0.478 e. The van der Waals surface area contributed by atoms with E-state index in [1.165, 1.54) is 47.3 Å². The maximum absolute atomic E-state index is 14.1. The van der Waals surface area contributed by atoms with Gasteiger partial charge in [0.25, 0.3) is 5.92 Å². The second kappa shape index (κ2) is 9.97. The number of allylic oxidation sites excluding steroid dienone is 1. The Morgan fingerprint density at radius 2 is 2.00 bits per heavy atom. The molecule has 1 saturated heterocycles. The normalized spacial score (nSPS) is 16.4. The van der Waals surface area contributed by atoms with Crippen molar-refractivity contribution in [3.8, 4) is 11.1 Å². The summed E-state index contributed by atoms with van der Waals surface area (Å²) in [7, 11) is -4.19. The van der Waals surface area contributed by atoms with Gasteiger partial charge < -0.3 is 15.4 Å². The van der Waals surface area contributed by atoms with Crippen molar-refractivity contribution in [1.29, 1.82) is 0 Å². The first-order valence-corrected chi connectivity index (χ1v) is 11.7. The highest BCUT2D eigenvalue weighted by Crippen LogP contribution is 2.34. The highest BCUT2D eigenvalue weighted by Gasteiger charge is 2.43. The van der Waals surface area contributed by atoms with E-state index in [-0.39, 0.29) is 42.5 Å². The highest BCUT2D eigenvalue weighted by molar-refractivity contribution is 7.89. The first kappa shape index (κ1) is 26.7.